The molecule has 0 bridgehead atoms. The Morgan fingerprint density at radius 1 is 1.04 bits per heavy atom. The van der Waals surface area contributed by atoms with Crippen LogP contribution in [-0.4, -0.2) is 16.0 Å². The zero-order chi connectivity index (χ0) is 18.7. The molecule has 1 aromatic heterocycles. The highest BCUT2D eigenvalue weighted by molar-refractivity contribution is 14.1. The van der Waals surface area contributed by atoms with Crippen molar-refractivity contribution in [2.75, 3.05) is 10.6 Å². The highest BCUT2D eigenvalue weighted by Gasteiger charge is 2.34. The molecular formula is C17H17F4IN4. The molecule has 1 aliphatic carbocycles. The van der Waals surface area contributed by atoms with Crippen molar-refractivity contribution in [2.24, 2.45) is 0 Å². The Bertz CT molecular complexity index is 776. The molecule has 0 radical (unpaired) electrons. The van der Waals surface area contributed by atoms with Crippen LogP contribution >= 0.6 is 22.6 Å². The molecular weight excluding hydrogens is 463 g/mol. The van der Waals surface area contributed by atoms with E-state index >= 15 is 0 Å². The van der Waals surface area contributed by atoms with E-state index in [1.807, 2.05) is 22.6 Å². The van der Waals surface area contributed by atoms with E-state index in [0.717, 1.165) is 38.2 Å². The molecule has 1 fully saturated rings. The maximum absolute atomic E-state index is 14.0. The third kappa shape index (κ3) is 4.95. The largest absolute Gasteiger partial charge is 0.433 e. The number of anilines is 3. The van der Waals surface area contributed by atoms with Crippen LogP contribution in [0.25, 0.3) is 0 Å². The molecule has 2 N–H and O–H groups in total. The third-order valence-corrected chi connectivity index (χ3v) is 4.82. The van der Waals surface area contributed by atoms with Crippen LogP contribution in [0, 0.1) is 9.39 Å². The first-order valence-electron chi connectivity index (χ1n) is 8.26. The monoisotopic (exact) mass is 480 g/mol. The number of hydrogen-bond donors (Lipinski definition) is 2. The summed E-state index contributed by atoms with van der Waals surface area (Å²) >= 11 is 1.95. The number of nitrogens with one attached hydrogen (secondary N) is 2. The van der Waals surface area contributed by atoms with Gasteiger partial charge in [-0.3, -0.25) is 0 Å². The Balaban J connectivity index is 1.89. The molecule has 0 aliphatic heterocycles. The number of hydrogen-bond acceptors (Lipinski definition) is 4. The number of alkyl halides is 3. The van der Waals surface area contributed by atoms with Gasteiger partial charge < -0.3 is 10.6 Å². The summed E-state index contributed by atoms with van der Waals surface area (Å²) in [5.41, 5.74) is -1.01. The smallest absolute Gasteiger partial charge is 0.351 e. The standard InChI is InChI=1S/C17H17F4IN4/c18-12-8-10(22)6-7-13(12)24-15-9-14(17(19,20)21)25-16(26-15)23-11-4-2-1-3-5-11/h6-9,11H,1-5H2,(H2,23,24,25,26). The van der Waals surface area contributed by atoms with Gasteiger partial charge in [0.2, 0.25) is 5.95 Å². The van der Waals surface area contributed by atoms with Gasteiger partial charge in [0.05, 0.1) is 5.69 Å². The summed E-state index contributed by atoms with van der Waals surface area (Å²) in [6, 6.07) is 5.23. The minimum atomic E-state index is -4.62. The molecule has 0 amide bonds. The van der Waals surface area contributed by atoms with Gasteiger partial charge in [-0.15, -0.1) is 0 Å². The van der Waals surface area contributed by atoms with Crippen LogP contribution < -0.4 is 10.6 Å². The van der Waals surface area contributed by atoms with Gasteiger partial charge in [-0.1, -0.05) is 19.3 Å². The number of benzene rings is 1. The van der Waals surface area contributed by atoms with Crippen molar-refractivity contribution >= 4 is 40.0 Å². The second-order valence-corrected chi connectivity index (χ2v) is 7.43. The van der Waals surface area contributed by atoms with E-state index in [1.165, 1.54) is 12.1 Å². The van der Waals surface area contributed by atoms with E-state index in [9.17, 15) is 17.6 Å². The zero-order valence-electron chi connectivity index (χ0n) is 13.7. The van der Waals surface area contributed by atoms with Gasteiger partial charge in [0.15, 0.2) is 5.69 Å². The third-order valence-electron chi connectivity index (χ3n) is 4.15. The lowest BCUT2D eigenvalue weighted by Gasteiger charge is -2.23. The fourth-order valence-electron chi connectivity index (χ4n) is 2.88. The minimum Gasteiger partial charge on any atom is -0.351 e. The molecule has 1 aliphatic rings. The minimum absolute atomic E-state index is 0.0510. The van der Waals surface area contributed by atoms with E-state index < -0.39 is 17.7 Å². The highest BCUT2D eigenvalue weighted by Crippen LogP contribution is 2.31. The van der Waals surface area contributed by atoms with Crippen molar-refractivity contribution in [3.8, 4) is 0 Å². The van der Waals surface area contributed by atoms with Crippen molar-refractivity contribution in [3.05, 3.63) is 39.3 Å². The van der Waals surface area contributed by atoms with E-state index in [4.69, 9.17) is 0 Å². The average molecular weight is 480 g/mol. The van der Waals surface area contributed by atoms with Crippen molar-refractivity contribution in [1.29, 1.82) is 0 Å². The van der Waals surface area contributed by atoms with Crippen LogP contribution in [0.2, 0.25) is 0 Å². The van der Waals surface area contributed by atoms with Crippen molar-refractivity contribution < 1.29 is 17.6 Å². The van der Waals surface area contributed by atoms with Gasteiger partial charge in [0, 0.05) is 15.7 Å². The molecule has 0 saturated heterocycles. The summed E-state index contributed by atoms with van der Waals surface area (Å²) in [6.07, 6.45) is 0.293. The van der Waals surface area contributed by atoms with Crippen molar-refractivity contribution in [2.45, 2.75) is 44.3 Å². The molecule has 1 heterocycles. The molecule has 140 valence electrons. The number of halogens is 5. The lowest BCUT2D eigenvalue weighted by atomic mass is 9.96. The lowest BCUT2D eigenvalue weighted by molar-refractivity contribution is -0.141. The number of rotatable bonds is 4. The molecule has 1 saturated carbocycles. The Hall–Kier alpha value is -1.65. The molecule has 0 unspecified atom stereocenters. The van der Waals surface area contributed by atoms with Crippen LogP contribution in [0.5, 0.6) is 0 Å². The lowest BCUT2D eigenvalue weighted by Crippen LogP contribution is -2.24. The Labute approximate surface area is 162 Å². The molecule has 4 nitrogen and oxygen atoms in total. The molecule has 0 atom stereocenters. The molecule has 1 aromatic carbocycles. The Morgan fingerprint density at radius 3 is 2.42 bits per heavy atom. The molecule has 9 heteroatoms. The van der Waals surface area contributed by atoms with Gasteiger partial charge in [0.1, 0.15) is 11.6 Å². The van der Waals surface area contributed by atoms with Gasteiger partial charge in [-0.05, 0) is 53.6 Å². The fraction of sp³-hybridized carbons (Fsp3) is 0.412. The van der Waals surface area contributed by atoms with Crippen LogP contribution in [0.1, 0.15) is 37.8 Å². The maximum atomic E-state index is 14.0. The van der Waals surface area contributed by atoms with Gasteiger partial charge in [-0.2, -0.15) is 18.2 Å². The first-order chi connectivity index (χ1) is 12.3. The molecule has 26 heavy (non-hydrogen) atoms. The summed E-state index contributed by atoms with van der Waals surface area (Å²) in [5, 5.41) is 5.61. The number of nitrogens with zero attached hydrogens (tertiary/aromatic N) is 2. The second-order valence-electron chi connectivity index (χ2n) is 6.19. The molecule has 3 rings (SSSR count). The van der Waals surface area contributed by atoms with Crippen molar-refractivity contribution in [1.82, 2.24) is 9.97 Å². The summed E-state index contributed by atoms with van der Waals surface area (Å²) in [5.74, 6) is -0.767. The average Bonchev–Trinajstić information content (AvgIpc) is 2.57. The normalized spacial score (nSPS) is 15.7. The SMILES string of the molecule is Fc1cc(I)ccc1Nc1cc(C(F)(F)F)nc(NC2CCCCC2)n1. The summed E-state index contributed by atoms with van der Waals surface area (Å²) in [7, 11) is 0. The van der Waals surface area contributed by atoms with Gasteiger partial charge >= 0.3 is 6.18 Å². The van der Waals surface area contributed by atoms with Crippen LogP contribution in [0.15, 0.2) is 24.3 Å². The predicted molar refractivity (Wildman–Crippen MR) is 99.9 cm³/mol. The topological polar surface area (TPSA) is 49.8 Å². The first kappa shape index (κ1) is 19.1. The van der Waals surface area contributed by atoms with Gasteiger partial charge in [0.25, 0.3) is 0 Å². The second kappa shape index (κ2) is 7.93. The molecule has 2 aromatic rings. The Kier molecular flexibility index (Phi) is 5.83. The van der Waals surface area contributed by atoms with E-state index in [0.29, 0.717) is 3.57 Å². The predicted octanol–water partition coefficient (Wildman–Crippen LogP) is 5.73. The van der Waals surface area contributed by atoms with E-state index in [2.05, 4.69) is 20.6 Å². The van der Waals surface area contributed by atoms with Crippen LogP contribution in [0.3, 0.4) is 0 Å². The maximum Gasteiger partial charge on any atom is 0.433 e. The van der Waals surface area contributed by atoms with Crippen LogP contribution in [-0.2, 0) is 6.18 Å². The van der Waals surface area contributed by atoms with Gasteiger partial charge in [-0.25, -0.2) is 9.37 Å². The quantitative estimate of drug-likeness (QED) is 0.434. The summed E-state index contributed by atoms with van der Waals surface area (Å²) in [6.45, 7) is 0. The first-order valence-corrected chi connectivity index (χ1v) is 9.34. The highest BCUT2D eigenvalue weighted by atomic mass is 127. The Morgan fingerprint density at radius 2 is 1.77 bits per heavy atom. The molecule has 0 spiro atoms. The van der Waals surface area contributed by atoms with Crippen molar-refractivity contribution in [3.63, 3.8) is 0 Å². The van der Waals surface area contributed by atoms with Crippen LogP contribution in [0.4, 0.5) is 35.0 Å². The fourth-order valence-corrected chi connectivity index (χ4v) is 3.33. The van der Waals surface area contributed by atoms with E-state index in [-0.39, 0.29) is 23.5 Å². The van der Waals surface area contributed by atoms with E-state index in [1.54, 1.807) is 6.07 Å². The summed E-state index contributed by atoms with van der Waals surface area (Å²) in [4.78, 5) is 7.69. The number of aromatic nitrogens is 2. The summed E-state index contributed by atoms with van der Waals surface area (Å²) < 4.78 is 54.2. The zero-order valence-corrected chi connectivity index (χ0v) is 15.9.